The summed E-state index contributed by atoms with van der Waals surface area (Å²) in [5, 5.41) is 3.77. The van der Waals surface area contributed by atoms with E-state index in [9.17, 15) is 0 Å². The van der Waals surface area contributed by atoms with Crippen LogP contribution in [-0.4, -0.2) is 8.07 Å². The number of nitrogens with zero attached hydrogens (tertiary/aromatic N) is 2. The molecule has 7 aromatic rings. The molecule has 0 bridgehead atoms. The summed E-state index contributed by atoms with van der Waals surface area (Å²) in [5.41, 5.74) is 20.3. The number of benzene rings is 4. The molecule has 58 heavy (non-hydrogen) atoms. The summed E-state index contributed by atoms with van der Waals surface area (Å²) in [5.74, 6) is 0. The first-order chi connectivity index (χ1) is 27.6. The van der Waals surface area contributed by atoms with E-state index in [2.05, 4.69) is 143 Å². The van der Waals surface area contributed by atoms with Gasteiger partial charge in [0.2, 0.25) is 0 Å². The molecule has 0 aliphatic heterocycles. The van der Waals surface area contributed by atoms with E-state index in [4.69, 9.17) is 4.42 Å². The zero-order chi connectivity index (χ0) is 39.4. The maximum Gasteiger partial charge on any atom is 0.133 e. The molecule has 0 amide bonds. The van der Waals surface area contributed by atoms with Gasteiger partial charge in [-0.3, -0.25) is 0 Å². The average Bonchev–Trinajstić information content (AvgIpc) is 3.59. The van der Waals surface area contributed by atoms with E-state index in [1.165, 1.54) is 131 Å². The summed E-state index contributed by atoms with van der Waals surface area (Å²) in [4.78, 5) is 0. The fourth-order valence-corrected chi connectivity index (χ4v) is 11.0. The third kappa shape index (κ3) is 7.31. The van der Waals surface area contributed by atoms with E-state index in [1.807, 2.05) is 4.57 Å². The molecule has 3 nitrogen and oxygen atoms in total. The molecule has 0 saturated carbocycles. The van der Waals surface area contributed by atoms with Gasteiger partial charge in [0, 0.05) is 45.0 Å². The predicted molar refractivity (Wildman–Crippen MR) is 240 cm³/mol. The number of rotatable bonds is 4. The molecule has 0 unspecified atom stereocenters. The minimum atomic E-state index is -1.31. The van der Waals surface area contributed by atoms with Gasteiger partial charge in [-0.1, -0.05) is 89.5 Å². The van der Waals surface area contributed by atoms with Gasteiger partial charge in [-0.2, -0.15) is 37.1 Å². The van der Waals surface area contributed by atoms with Gasteiger partial charge in [-0.15, -0.1) is 17.7 Å². The number of aromatic nitrogens is 2. The van der Waals surface area contributed by atoms with Gasteiger partial charge in [0.1, 0.15) is 5.58 Å². The zero-order valence-electron chi connectivity index (χ0n) is 34.6. The van der Waals surface area contributed by atoms with Crippen LogP contribution >= 0.6 is 0 Å². The van der Waals surface area contributed by atoms with Crippen molar-refractivity contribution in [2.24, 2.45) is 0 Å². The summed E-state index contributed by atoms with van der Waals surface area (Å²) in [6, 6.07) is 29.1. The van der Waals surface area contributed by atoms with Crippen molar-refractivity contribution >= 4 is 35.2 Å². The Bertz CT molecular complexity index is 2680. The monoisotopic (exact) mass is 957 g/mol. The molecule has 3 aliphatic carbocycles. The topological polar surface area (TPSA) is 20.9 Å². The third-order valence-electron chi connectivity index (χ3n) is 13.0. The Morgan fingerprint density at radius 2 is 1.22 bits per heavy atom. The van der Waals surface area contributed by atoms with Crippen LogP contribution in [0.2, 0.25) is 19.6 Å². The summed E-state index contributed by atoms with van der Waals surface area (Å²) < 4.78 is 10.7. The van der Waals surface area contributed by atoms with Gasteiger partial charge in [0.05, 0.1) is 37.4 Å². The molecular weight excluding hydrogens is 901 g/mol. The van der Waals surface area contributed by atoms with Crippen molar-refractivity contribution in [2.45, 2.75) is 96.7 Å². The largest absolute Gasteiger partial charge is 0.469 e. The molecule has 4 aromatic carbocycles. The standard InChI is InChI=1S/C33H30NO.C20H26NSi.Ir/c1-21-14-16-28-29-20-24(26-13-7-10-22-8-3-5-11-25(22)26)15-17-30(29)35-33(28)31(21)32-27-12-6-4-9-23(27)18-19-34(32)2;1-15-10-11-16-8-6-7-9-18(16)20(15)19-13-12-17(14-21(19)2)22(3,4)5;/h7,10,13-20H,1-6,8-9,11-12H2;10-14H,1-2,6-9H2,3-5H3;/q2*-1;. The van der Waals surface area contributed by atoms with Gasteiger partial charge in [0.15, 0.2) is 0 Å². The van der Waals surface area contributed by atoms with E-state index in [0.717, 1.165) is 51.8 Å². The smallest absolute Gasteiger partial charge is 0.133 e. The van der Waals surface area contributed by atoms with Crippen molar-refractivity contribution < 1.29 is 33.7 Å². The zero-order valence-corrected chi connectivity index (χ0v) is 38.0. The van der Waals surface area contributed by atoms with Crippen LogP contribution in [0.4, 0.5) is 0 Å². The Hall–Kier alpha value is -4.67. The molecule has 0 atom stereocenters. The Labute approximate surface area is 360 Å². The minimum Gasteiger partial charge on any atom is -0.469 e. The number of furan rings is 1. The van der Waals surface area contributed by atoms with Gasteiger partial charge in [-0.25, -0.2) is 0 Å². The molecule has 3 aliphatic rings. The first-order valence-corrected chi connectivity index (χ1v) is 24.7. The van der Waals surface area contributed by atoms with Crippen LogP contribution in [0.25, 0.3) is 55.6 Å². The van der Waals surface area contributed by atoms with Crippen LogP contribution in [0.1, 0.15) is 83.0 Å². The molecule has 0 fully saturated rings. The van der Waals surface area contributed by atoms with Crippen LogP contribution in [0.15, 0.2) is 95.7 Å². The summed E-state index contributed by atoms with van der Waals surface area (Å²) in [6.45, 7) is 15.8. The maximum absolute atomic E-state index is 6.59. The molecule has 3 heterocycles. The third-order valence-corrected chi connectivity index (χ3v) is 15.0. The fraction of sp³-hybridized carbons (Fsp3) is 0.283. The van der Waals surface area contributed by atoms with Crippen molar-refractivity contribution in [3.05, 3.63) is 164 Å². The van der Waals surface area contributed by atoms with Gasteiger partial charge >= 0.3 is 0 Å². The van der Waals surface area contributed by atoms with E-state index in [-0.39, 0.29) is 20.1 Å². The molecule has 5 heteroatoms. The summed E-state index contributed by atoms with van der Waals surface area (Å²) >= 11 is 0. The summed E-state index contributed by atoms with van der Waals surface area (Å²) in [6.07, 6.45) is 18.9. The number of aryl methyl sites for hydroxylation is 3. The van der Waals surface area contributed by atoms with E-state index >= 15 is 0 Å². The van der Waals surface area contributed by atoms with Gasteiger partial charge < -0.3 is 13.6 Å². The SMILES string of the molecule is [CH2-]c1ccc2c(c1-c1ccc([Si](C)(C)C)c[n+]1[CH2-])CCCC2.[CH2-]c1ccc2c(oc3ccc(-c4cccc5c4CCCC5)cc32)c1-c1c2c(cc[n+]1[CH2-])CCCC2.[Ir]. The van der Waals surface area contributed by atoms with Crippen LogP contribution in [0.5, 0.6) is 0 Å². The van der Waals surface area contributed by atoms with Gasteiger partial charge in [-0.05, 0) is 117 Å². The minimum absolute atomic E-state index is 0. The molecule has 299 valence electrons. The second-order valence-electron chi connectivity index (χ2n) is 17.8. The second kappa shape index (κ2) is 16.2. The van der Waals surface area contributed by atoms with E-state index in [1.54, 1.807) is 0 Å². The number of hydrogen-bond donors (Lipinski definition) is 0. The van der Waals surface area contributed by atoms with Gasteiger partial charge in [0.25, 0.3) is 0 Å². The predicted octanol–water partition coefficient (Wildman–Crippen LogP) is 11.7. The summed E-state index contributed by atoms with van der Waals surface area (Å²) in [7, 11) is 7.31. The molecule has 0 N–H and O–H groups in total. The first kappa shape index (κ1) is 40.1. The first-order valence-electron chi connectivity index (χ1n) is 21.2. The van der Waals surface area contributed by atoms with Crippen molar-refractivity contribution in [2.75, 3.05) is 0 Å². The van der Waals surface area contributed by atoms with Crippen LogP contribution in [0.3, 0.4) is 0 Å². The maximum atomic E-state index is 6.59. The molecule has 10 rings (SSSR count). The van der Waals surface area contributed by atoms with Crippen molar-refractivity contribution in [1.29, 1.82) is 0 Å². The van der Waals surface area contributed by atoms with Crippen molar-refractivity contribution in [3.8, 4) is 33.6 Å². The Balaban J connectivity index is 0.000000177. The number of pyridine rings is 2. The Morgan fingerprint density at radius 1 is 0.586 bits per heavy atom. The number of fused-ring (bicyclic) bond motifs is 6. The average molecular weight is 957 g/mol. The molecule has 3 aromatic heterocycles. The fourth-order valence-electron chi connectivity index (χ4n) is 9.88. The molecular formula is C53H56IrN2OSi-2. The van der Waals surface area contributed by atoms with E-state index in [0.29, 0.717) is 0 Å². The second-order valence-corrected chi connectivity index (χ2v) is 22.8. The van der Waals surface area contributed by atoms with Crippen LogP contribution in [0, 0.1) is 27.9 Å². The Morgan fingerprint density at radius 3 is 1.95 bits per heavy atom. The van der Waals surface area contributed by atoms with Crippen LogP contribution < -0.4 is 14.3 Å². The number of hydrogen-bond acceptors (Lipinski definition) is 1. The van der Waals surface area contributed by atoms with Crippen molar-refractivity contribution in [1.82, 2.24) is 0 Å². The molecule has 0 spiro atoms. The van der Waals surface area contributed by atoms with Crippen molar-refractivity contribution in [3.63, 3.8) is 0 Å². The van der Waals surface area contributed by atoms with Crippen LogP contribution in [-0.2, 0) is 58.6 Å². The normalized spacial score (nSPS) is 14.8. The quantitative estimate of drug-likeness (QED) is 0.0978. The Kier molecular flexibility index (Phi) is 11.2. The molecule has 1 radical (unpaired) electrons. The van der Waals surface area contributed by atoms with E-state index < -0.39 is 8.07 Å². The molecule has 0 saturated heterocycles.